The summed E-state index contributed by atoms with van der Waals surface area (Å²) in [5, 5.41) is 0. The third-order valence-electron chi connectivity index (χ3n) is 2.92. The highest BCUT2D eigenvalue weighted by Crippen LogP contribution is 2.27. The molecular weight excluding hydrogens is 150 g/mol. The molecule has 3 atom stereocenters. The van der Waals surface area contributed by atoms with Gasteiger partial charge in [0.25, 0.3) is 0 Å². The molecule has 1 fully saturated rings. The van der Waals surface area contributed by atoms with Crippen LogP contribution in [0.4, 0.5) is 0 Å². The number of hydrogen-bond acceptors (Lipinski definition) is 2. The van der Waals surface area contributed by atoms with Crippen molar-refractivity contribution in [3.63, 3.8) is 0 Å². The molecule has 1 saturated heterocycles. The molecule has 0 saturated carbocycles. The summed E-state index contributed by atoms with van der Waals surface area (Å²) in [6.07, 6.45) is 4.22. The second-order valence-electron chi connectivity index (χ2n) is 4.10. The van der Waals surface area contributed by atoms with Crippen LogP contribution in [-0.4, -0.2) is 24.5 Å². The number of fused-ring (bicyclic) bond motifs is 1. The van der Waals surface area contributed by atoms with Gasteiger partial charge in [0.05, 0.1) is 12.7 Å². The molecule has 0 amide bonds. The molecule has 2 heteroatoms. The van der Waals surface area contributed by atoms with E-state index in [9.17, 15) is 0 Å². The van der Waals surface area contributed by atoms with Crippen molar-refractivity contribution in [3.05, 3.63) is 0 Å². The molecular formula is C10H17NO. The zero-order valence-corrected chi connectivity index (χ0v) is 7.92. The van der Waals surface area contributed by atoms with Crippen LogP contribution in [-0.2, 0) is 4.74 Å². The van der Waals surface area contributed by atoms with Gasteiger partial charge in [0.1, 0.15) is 0 Å². The van der Waals surface area contributed by atoms with E-state index in [2.05, 4.69) is 18.8 Å². The van der Waals surface area contributed by atoms with Crippen LogP contribution in [0, 0.1) is 5.92 Å². The molecule has 0 aliphatic carbocycles. The zero-order chi connectivity index (χ0) is 8.55. The Morgan fingerprint density at radius 2 is 2.17 bits per heavy atom. The van der Waals surface area contributed by atoms with Crippen molar-refractivity contribution in [2.24, 2.45) is 10.9 Å². The second kappa shape index (κ2) is 3.17. The summed E-state index contributed by atoms with van der Waals surface area (Å²) in [5.74, 6) is 0.741. The molecule has 2 rings (SSSR count). The van der Waals surface area contributed by atoms with Gasteiger partial charge in [-0.1, -0.05) is 0 Å². The van der Waals surface area contributed by atoms with E-state index < -0.39 is 0 Å². The Hall–Kier alpha value is -0.370. The number of ether oxygens (including phenoxy) is 1. The second-order valence-corrected chi connectivity index (χ2v) is 4.10. The van der Waals surface area contributed by atoms with Crippen molar-refractivity contribution in [3.8, 4) is 0 Å². The monoisotopic (exact) mass is 167 g/mol. The van der Waals surface area contributed by atoms with Gasteiger partial charge in [-0.3, -0.25) is 4.99 Å². The van der Waals surface area contributed by atoms with Gasteiger partial charge in [0, 0.05) is 17.7 Å². The maximum absolute atomic E-state index is 5.56. The molecule has 0 N–H and O–H groups in total. The number of rotatable bonds is 0. The average molecular weight is 167 g/mol. The third-order valence-corrected chi connectivity index (χ3v) is 2.92. The van der Waals surface area contributed by atoms with Gasteiger partial charge in [-0.25, -0.2) is 0 Å². The molecule has 12 heavy (non-hydrogen) atoms. The molecule has 0 spiro atoms. The lowest BCUT2D eigenvalue weighted by Gasteiger charge is -2.33. The number of hydrogen-bond donors (Lipinski definition) is 0. The smallest absolute Gasteiger partial charge is 0.0850 e. The largest absolute Gasteiger partial charge is 0.373 e. The van der Waals surface area contributed by atoms with Gasteiger partial charge in [-0.2, -0.15) is 0 Å². The standard InChI is InChI=1S/C10H17NO/c1-7-3-4-9-5-8(2)12-6-10(9)11-7/h7-9H,3-6H2,1-2H3. The van der Waals surface area contributed by atoms with E-state index in [1.807, 2.05) is 0 Å². The highest BCUT2D eigenvalue weighted by atomic mass is 16.5. The summed E-state index contributed by atoms with van der Waals surface area (Å²) in [6.45, 7) is 5.15. The van der Waals surface area contributed by atoms with Gasteiger partial charge in [-0.15, -0.1) is 0 Å². The predicted molar refractivity (Wildman–Crippen MR) is 49.7 cm³/mol. The van der Waals surface area contributed by atoms with Gasteiger partial charge >= 0.3 is 0 Å². The summed E-state index contributed by atoms with van der Waals surface area (Å²) >= 11 is 0. The van der Waals surface area contributed by atoms with Crippen molar-refractivity contribution in [1.29, 1.82) is 0 Å². The van der Waals surface area contributed by atoms with Crippen LogP contribution in [0.15, 0.2) is 4.99 Å². The zero-order valence-electron chi connectivity index (χ0n) is 7.92. The molecule has 2 heterocycles. The molecule has 0 radical (unpaired) electrons. The molecule has 2 aliphatic heterocycles. The van der Waals surface area contributed by atoms with Crippen LogP contribution in [0.1, 0.15) is 33.1 Å². The fourth-order valence-corrected chi connectivity index (χ4v) is 2.17. The Labute approximate surface area is 74.0 Å². The molecule has 3 unspecified atom stereocenters. The molecule has 2 aliphatic rings. The van der Waals surface area contributed by atoms with Gasteiger partial charge in [-0.05, 0) is 33.1 Å². The minimum atomic E-state index is 0.447. The first-order chi connectivity index (χ1) is 5.75. The van der Waals surface area contributed by atoms with Gasteiger partial charge in [0.15, 0.2) is 0 Å². The third kappa shape index (κ3) is 1.53. The Morgan fingerprint density at radius 3 is 3.00 bits per heavy atom. The van der Waals surface area contributed by atoms with Gasteiger partial charge < -0.3 is 4.74 Å². The first kappa shape index (κ1) is 8.24. The summed E-state index contributed by atoms with van der Waals surface area (Å²) in [5.41, 5.74) is 1.33. The Balaban J connectivity index is 2.08. The van der Waals surface area contributed by atoms with E-state index in [4.69, 9.17) is 4.74 Å². The first-order valence-electron chi connectivity index (χ1n) is 4.94. The highest BCUT2D eigenvalue weighted by Gasteiger charge is 2.28. The van der Waals surface area contributed by atoms with E-state index in [1.54, 1.807) is 0 Å². The van der Waals surface area contributed by atoms with Crippen LogP contribution < -0.4 is 0 Å². The van der Waals surface area contributed by atoms with Crippen molar-refractivity contribution >= 4 is 5.71 Å². The van der Waals surface area contributed by atoms with E-state index in [-0.39, 0.29) is 0 Å². The van der Waals surface area contributed by atoms with E-state index in [0.29, 0.717) is 12.1 Å². The molecule has 0 aromatic rings. The summed E-state index contributed by atoms with van der Waals surface area (Å²) < 4.78 is 5.56. The molecule has 0 bridgehead atoms. The number of aliphatic imine (C=N–C) groups is 1. The Bertz CT molecular complexity index is 200. The van der Waals surface area contributed by atoms with Crippen molar-refractivity contribution in [2.75, 3.05) is 6.61 Å². The van der Waals surface area contributed by atoms with Crippen molar-refractivity contribution in [1.82, 2.24) is 0 Å². The van der Waals surface area contributed by atoms with Crippen molar-refractivity contribution < 1.29 is 4.74 Å². The Morgan fingerprint density at radius 1 is 1.33 bits per heavy atom. The maximum Gasteiger partial charge on any atom is 0.0850 e. The lowest BCUT2D eigenvalue weighted by molar-refractivity contribution is 0.0575. The normalized spacial score (nSPS) is 41.8. The topological polar surface area (TPSA) is 21.6 Å². The SMILES string of the molecule is CC1CCC2CC(C)OCC2=N1. The minimum Gasteiger partial charge on any atom is -0.373 e. The highest BCUT2D eigenvalue weighted by molar-refractivity contribution is 5.89. The average Bonchev–Trinajstić information content (AvgIpc) is 2.05. The van der Waals surface area contributed by atoms with Crippen LogP contribution in [0.2, 0.25) is 0 Å². The number of nitrogens with zero attached hydrogens (tertiary/aromatic N) is 1. The minimum absolute atomic E-state index is 0.447. The van der Waals surface area contributed by atoms with E-state index in [1.165, 1.54) is 25.0 Å². The molecule has 2 nitrogen and oxygen atoms in total. The van der Waals surface area contributed by atoms with Crippen LogP contribution in [0.5, 0.6) is 0 Å². The molecule has 0 aromatic carbocycles. The fourth-order valence-electron chi connectivity index (χ4n) is 2.17. The summed E-state index contributed by atoms with van der Waals surface area (Å²) in [6, 6.07) is 0.535. The quantitative estimate of drug-likeness (QED) is 0.541. The van der Waals surface area contributed by atoms with Crippen LogP contribution >= 0.6 is 0 Å². The molecule has 68 valence electrons. The van der Waals surface area contributed by atoms with E-state index in [0.717, 1.165) is 12.5 Å². The van der Waals surface area contributed by atoms with E-state index >= 15 is 0 Å². The van der Waals surface area contributed by atoms with Gasteiger partial charge in [0.2, 0.25) is 0 Å². The predicted octanol–water partition coefficient (Wildman–Crippen LogP) is 2.03. The van der Waals surface area contributed by atoms with Crippen LogP contribution in [0.25, 0.3) is 0 Å². The lowest BCUT2D eigenvalue weighted by atomic mass is 9.86. The van der Waals surface area contributed by atoms with Crippen molar-refractivity contribution in [2.45, 2.75) is 45.3 Å². The first-order valence-corrected chi connectivity index (χ1v) is 4.94. The van der Waals surface area contributed by atoms with Crippen LogP contribution in [0.3, 0.4) is 0 Å². The molecule has 0 aromatic heterocycles. The summed E-state index contributed by atoms with van der Waals surface area (Å²) in [7, 11) is 0. The maximum atomic E-state index is 5.56. The fraction of sp³-hybridized carbons (Fsp3) is 0.900. The summed E-state index contributed by atoms with van der Waals surface area (Å²) in [4.78, 5) is 4.63. The Kier molecular flexibility index (Phi) is 2.18. The lowest BCUT2D eigenvalue weighted by Crippen LogP contribution is -2.36.